The fourth-order valence-corrected chi connectivity index (χ4v) is 6.66. The SMILES string of the molecule is CCc1ccccc1NC(=O)CN(C)C(=O)CNC(=O)CC12CC3CC(CC(C3)C1)C2. The van der Waals surface area contributed by atoms with E-state index >= 15 is 0 Å². The fraction of sp³-hybridized carbons (Fsp3) is 0.640. The van der Waals surface area contributed by atoms with Crippen molar-refractivity contribution in [3.63, 3.8) is 0 Å². The quantitative estimate of drug-likeness (QED) is 0.670. The minimum Gasteiger partial charge on any atom is -0.347 e. The second-order valence-corrected chi connectivity index (χ2v) is 10.2. The maximum Gasteiger partial charge on any atom is 0.243 e. The van der Waals surface area contributed by atoms with Crippen molar-refractivity contribution in [1.82, 2.24) is 10.2 Å². The molecule has 0 spiro atoms. The molecule has 168 valence electrons. The highest BCUT2D eigenvalue weighted by Gasteiger charge is 2.51. The Kier molecular flexibility index (Phi) is 6.35. The number of amides is 3. The third-order valence-corrected chi connectivity index (χ3v) is 7.62. The van der Waals surface area contributed by atoms with Crippen LogP contribution in [0.15, 0.2) is 24.3 Å². The van der Waals surface area contributed by atoms with Crippen LogP contribution < -0.4 is 10.6 Å². The van der Waals surface area contributed by atoms with Crippen LogP contribution >= 0.6 is 0 Å². The predicted octanol–water partition coefficient (Wildman–Crippen LogP) is 3.37. The van der Waals surface area contributed by atoms with Crippen molar-refractivity contribution in [1.29, 1.82) is 0 Å². The zero-order chi connectivity index (χ0) is 22.0. The molecule has 3 amide bonds. The normalized spacial score (nSPS) is 28.3. The van der Waals surface area contributed by atoms with Gasteiger partial charge in [0, 0.05) is 19.2 Å². The largest absolute Gasteiger partial charge is 0.347 e. The fourth-order valence-electron chi connectivity index (χ4n) is 6.66. The number of likely N-dealkylation sites (N-methyl/N-ethyl adjacent to an activating group) is 1. The number of carbonyl (C=O) groups excluding carboxylic acids is 3. The van der Waals surface area contributed by atoms with Crippen LogP contribution in [0.5, 0.6) is 0 Å². The third-order valence-electron chi connectivity index (χ3n) is 7.62. The molecule has 4 fully saturated rings. The van der Waals surface area contributed by atoms with Gasteiger partial charge in [-0.2, -0.15) is 0 Å². The molecule has 1 aromatic carbocycles. The van der Waals surface area contributed by atoms with Crippen LogP contribution in [-0.4, -0.2) is 42.8 Å². The molecular formula is C25H35N3O3. The van der Waals surface area contributed by atoms with E-state index in [4.69, 9.17) is 0 Å². The number of para-hydroxylation sites is 1. The van der Waals surface area contributed by atoms with Crippen LogP contribution in [-0.2, 0) is 20.8 Å². The summed E-state index contributed by atoms with van der Waals surface area (Å²) in [5, 5.41) is 5.70. The molecule has 6 nitrogen and oxygen atoms in total. The van der Waals surface area contributed by atoms with Gasteiger partial charge in [-0.25, -0.2) is 0 Å². The molecule has 31 heavy (non-hydrogen) atoms. The van der Waals surface area contributed by atoms with Crippen LogP contribution in [0.4, 0.5) is 5.69 Å². The van der Waals surface area contributed by atoms with Gasteiger partial charge in [0.25, 0.3) is 0 Å². The first kappa shape index (κ1) is 21.8. The Morgan fingerprint density at radius 3 is 2.23 bits per heavy atom. The first-order valence-corrected chi connectivity index (χ1v) is 11.7. The van der Waals surface area contributed by atoms with Crippen LogP contribution in [0.2, 0.25) is 0 Å². The van der Waals surface area contributed by atoms with Gasteiger partial charge in [0.2, 0.25) is 17.7 Å². The molecule has 4 aliphatic carbocycles. The van der Waals surface area contributed by atoms with Crippen LogP contribution in [0.1, 0.15) is 57.4 Å². The molecule has 0 aliphatic heterocycles. The monoisotopic (exact) mass is 425 g/mol. The lowest BCUT2D eigenvalue weighted by Gasteiger charge is -2.56. The number of anilines is 1. The Morgan fingerprint density at radius 2 is 1.61 bits per heavy atom. The van der Waals surface area contributed by atoms with E-state index in [1.54, 1.807) is 7.05 Å². The van der Waals surface area contributed by atoms with Crippen molar-refractivity contribution in [2.75, 3.05) is 25.5 Å². The van der Waals surface area contributed by atoms with Crippen molar-refractivity contribution in [3.05, 3.63) is 29.8 Å². The second kappa shape index (κ2) is 9.01. The maximum atomic E-state index is 12.6. The number of carbonyl (C=O) groups is 3. The lowest BCUT2D eigenvalue weighted by Crippen LogP contribution is -2.48. The molecule has 4 bridgehead atoms. The van der Waals surface area contributed by atoms with Crippen LogP contribution in [0.25, 0.3) is 0 Å². The third kappa shape index (κ3) is 5.10. The zero-order valence-electron chi connectivity index (χ0n) is 18.8. The Morgan fingerprint density at radius 1 is 1.00 bits per heavy atom. The molecule has 0 atom stereocenters. The Bertz CT molecular complexity index is 815. The van der Waals surface area contributed by atoms with Gasteiger partial charge in [-0.05, 0) is 79.7 Å². The molecule has 0 saturated heterocycles. The van der Waals surface area contributed by atoms with Crippen molar-refractivity contribution < 1.29 is 14.4 Å². The van der Waals surface area contributed by atoms with Gasteiger partial charge in [0.05, 0.1) is 13.1 Å². The second-order valence-electron chi connectivity index (χ2n) is 10.2. The molecule has 0 unspecified atom stereocenters. The van der Waals surface area contributed by atoms with Crippen LogP contribution in [0.3, 0.4) is 0 Å². The van der Waals surface area contributed by atoms with Gasteiger partial charge in [-0.3, -0.25) is 14.4 Å². The van der Waals surface area contributed by atoms with Crippen molar-refractivity contribution in [3.8, 4) is 0 Å². The number of nitrogens with one attached hydrogen (secondary N) is 2. The Labute approximate surface area is 185 Å². The minimum absolute atomic E-state index is 0.0231. The first-order valence-electron chi connectivity index (χ1n) is 11.7. The summed E-state index contributed by atoms with van der Waals surface area (Å²) in [6, 6.07) is 7.66. The summed E-state index contributed by atoms with van der Waals surface area (Å²) in [5.74, 6) is 1.91. The molecule has 0 radical (unpaired) electrons. The molecule has 6 heteroatoms. The molecule has 1 aromatic rings. The van der Waals surface area contributed by atoms with E-state index in [2.05, 4.69) is 10.6 Å². The van der Waals surface area contributed by atoms with E-state index in [0.717, 1.165) is 35.4 Å². The van der Waals surface area contributed by atoms with Gasteiger partial charge in [-0.1, -0.05) is 25.1 Å². The van der Waals surface area contributed by atoms with E-state index in [1.165, 1.54) is 43.4 Å². The average Bonchev–Trinajstić information content (AvgIpc) is 2.71. The van der Waals surface area contributed by atoms with Gasteiger partial charge >= 0.3 is 0 Å². The number of rotatable bonds is 8. The van der Waals surface area contributed by atoms with Crippen molar-refractivity contribution in [2.24, 2.45) is 23.2 Å². The predicted molar refractivity (Wildman–Crippen MR) is 120 cm³/mol. The van der Waals surface area contributed by atoms with Gasteiger partial charge in [0.1, 0.15) is 0 Å². The lowest BCUT2D eigenvalue weighted by atomic mass is 9.49. The lowest BCUT2D eigenvalue weighted by molar-refractivity contribution is -0.136. The van der Waals surface area contributed by atoms with E-state index in [9.17, 15) is 14.4 Å². The van der Waals surface area contributed by atoms with Crippen LogP contribution in [0, 0.1) is 23.2 Å². The summed E-state index contributed by atoms with van der Waals surface area (Å²) < 4.78 is 0. The average molecular weight is 426 g/mol. The molecular weight excluding hydrogens is 390 g/mol. The van der Waals surface area contributed by atoms with Gasteiger partial charge < -0.3 is 15.5 Å². The summed E-state index contributed by atoms with van der Waals surface area (Å²) in [6.45, 7) is 1.94. The topological polar surface area (TPSA) is 78.5 Å². The van der Waals surface area contributed by atoms with Crippen molar-refractivity contribution >= 4 is 23.4 Å². The van der Waals surface area contributed by atoms with E-state index in [-0.39, 0.29) is 36.2 Å². The zero-order valence-corrected chi connectivity index (χ0v) is 18.8. The maximum absolute atomic E-state index is 12.6. The smallest absolute Gasteiger partial charge is 0.243 e. The molecule has 0 aromatic heterocycles. The number of benzene rings is 1. The summed E-state index contributed by atoms with van der Waals surface area (Å²) in [5.41, 5.74) is 2.00. The first-order chi connectivity index (χ1) is 14.9. The van der Waals surface area contributed by atoms with E-state index in [1.807, 2.05) is 31.2 Å². The standard InChI is InChI=1S/C25H35N3O3/c1-3-20-6-4-5-7-21(20)27-23(30)16-28(2)24(31)15-26-22(29)14-25-11-17-8-18(12-25)10-19(9-17)13-25/h4-7,17-19H,3,8-16H2,1-2H3,(H,26,29)(H,27,30). The highest BCUT2D eigenvalue weighted by molar-refractivity contribution is 5.95. The number of nitrogens with zero attached hydrogens (tertiary/aromatic N) is 1. The highest BCUT2D eigenvalue weighted by Crippen LogP contribution is 2.61. The van der Waals surface area contributed by atoms with Gasteiger partial charge in [0.15, 0.2) is 0 Å². The summed E-state index contributed by atoms with van der Waals surface area (Å²) >= 11 is 0. The molecule has 0 heterocycles. The molecule has 2 N–H and O–H groups in total. The summed E-state index contributed by atoms with van der Waals surface area (Å²) in [4.78, 5) is 38.8. The highest BCUT2D eigenvalue weighted by atomic mass is 16.2. The number of aryl methyl sites for hydroxylation is 1. The Balaban J connectivity index is 1.22. The molecule has 4 aliphatic rings. The minimum atomic E-state index is -0.252. The van der Waals surface area contributed by atoms with E-state index in [0.29, 0.717) is 6.42 Å². The summed E-state index contributed by atoms with van der Waals surface area (Å²) in [7, 11) is 1.60. The number of hydrogen-bond acceptors (Lipinski definition) is 3. The number of hydrogen-bond donors (Lipinski definition) is 2. The van der Waals surface area contributed by atoms with E-state index < -0.39 is 0 Å². The summed E-state index contributed by atoms with van der Waals surface area (Å²) in [6.07, 6.45) is 8.97. The Hall–Kier alpha value is -2.37. The van der Waals surface area contributed by atoms with Crippen molar-refractivity contribution in [2.45, 2.75) is 58.3 Å². The molecule has 4 saturated carbocycles. The van der Waals surface area contributed by atoms with Gasteiger partial charge in [-0.15, -0.1) is 0 Å². The molecule has 5 rings (SSSR count).